The molecular weight excluding hydrogens is 339 g/mol. The molecule has 8 heteroatoms. The Hall–Kier alpha value is -2.09. The fraction of sp³-hybridized carbons (Fsp3) is 0.231. The minimum absolute atomic E-state index is 0.136. The van der Waals surface area contributed by atoms with Crippen LogP contribution in [0, 0.1) is 5.82 Å². The van der Waals surface area contributed by atoms with Crippen LogP contribution in [0.4, 0.5) is 4.39 Å². The summed E-state index contributed by atoms with van der Waals surface area (Å²) in [7, 11) is 0. The average Bonchev–Trinajstić information content (AvgIpc) is 3.06. The molecule has 3 aromatic rings. The number of halogens is 2. The SMILES string of the molecule is CC(C)n1nnc(-c2cnn(-c3ccc(F)cc3)c2Br)n1. The van der Waals surface area contributed by atoms with Crippen LogP contribution in [-0.2, 0) is 0 Å². The second kappa shape index (κ2) is 5.36. The van der Waals surface area contributed by atoms with E-state index < -0.39 is 0 Å². The van der Waals surface area contributed by atoms with E-state index in [1.807, 2.05) is 13.8 Å². The third kappa shape index (κ3) is 2.58. The summed E-state index contributed by atoms with van der Waals surface area (Å²) in [4.78, 5) is 1.54. The molecule has 0 aliphatic heterocycles. The third-order valence-electron chi connectivity index (χ3n) is 2.91. The van der Waals surface area contributed by atoms with Crippen molar-refractivity contribution in [3.05, 3.63) is 40.9 Å². The highest BCUT2D eigenvalue weighted by Crippen LogP contribution is 2.27. The Morgan fingerprint density at radius 2 is 1.90 bits per heavy atom. The Balaban J connectivity index is 2.00. The van der Waals surface area contributed by atoms with E-state index in [2.05, 4.69) is 36.4 Å². The topological polar surface area (TPSA) is 61.4 Å². The summed E-state index contributed by atoms with van der Waals surface area (Å²) in [5.74, 6) is 0.202. The van der Waals surface area contributed by atoms with Gasteiger partial charge in [0.25, 0.3) is 0 Å². The van der Waals surface area contributed by atoms with Crippen LogP contribution in [0.5, 0.6) is 0 Å². The van der Waals surface area contributed by atoms with Crippen LogP contribution in [0.1, 0.15) is 19.9 Å². The van der Waals surface area contributed by atoms with Crippen molar-refractivity contribution in [2.75, 3.05) is 0 Å². The highest BCUT2D eigenvalue weighted by atomic mass is 79.9. The Kier molecular flexibility index (Phi) is 3.54. The second-order valence-electron chi connectivity index (χ2n) is 4.76. The van der Waals surface area contributed by atoms with Crippen LogP contribution in [0.3, 0.4) is 0 Å². The number of hydrogen-bond donors (Lipinski definition) is 0. The maximum atomic E-state index is 13.0. The van der Waals surface area contributed by atoms with Gasteiger partial charge in [0.05, 0.1) is 23.5 Å². The molecule has 0 saturated heterocycles. The maximum Gasteiger partial charge on any atom is 0.209 e. The van der Waals surface area contributed by atoms with Gasteiger partial charge in [-0.2, -0.15) is 9.90 Å². The van der Waals surface area contributed by atoms with Gasteiger partial charge in [0.2, 0.25) is 5.82 Å². The fourth-order valence-electron chi connectivity index (χ4n) is 1.80. The zero-order chi connectivity index (χ0) is 15.0. The van der Waals surface area contributed by atoms with Gasteiger partial charge in [0.15, 0.2) is 0 Å². The van der Waals surface area contributed by atoms with Crippen molar-refractivity contribution in [2.24, 2.45) is 0 Å². The number of aromatic nitrogens is 6. The van der Waals surface area contributed by atoms with Crippen LogP contribution in [-0.4, -0.2) is 30.0 Å². The van der Waals surface area contributed by atoms with Gasteiger partial charge >= 0.3 is 0 Å². The van der Waals surface area contributed by atoms with E-state index in [1.165, 1.54) is 16.9 Å². The van der Waals surface area contributed by atoms with E-state index in [1.54, 1.807) is 23.0 Å². The Morgan fingerprint density at radius 1 is 1.19 bits per heavy atom. The molecule has 108 valence electrons. The highest BCUT2D eigenvalue weighted by Gasteiger charge is 2.16. The Bertz CT molecular complexity index is 761. The van der Waals surface area contributed by atoms with Gasteiger partial charge in [-0.1, -0.05) is 0 Å². The number of tetrazole rings is 1. The average molecular weight is 351 g/mol. The molecule has 0 N–H and O–H groups in total. The van der Waals surface area contributed by atoms with Crippen molar-refractivity contribution in [3.8, 4) is 17.1 Å². The Morgan fingerprint density at radius 3 is 2.52 bits per heavy atom. The molecule has 0 bridgehead atoms. The first-order chi connectivity index (χ1) is 10.1. The van der Waals surface area contributed by atoms with Crippen molar-refractivity contribution < 1.29 is 4.39 Å². The molecule has 0 unspecified atom stereocenters. The number of hydrogen-bond acceptors (Lipinski definition) is 4. The second-order valence-corrected chi connectivity index (χ2v) is 5.52. The monoisotopic (exact) mass is 350 g/mol. The van der Waals surface area contributed by atoms with Crippen LogP contribution < -0.4 is 0 Å². The largest absolute Gasteiger partial charge is 0.226 e. The summed E-state index contributed by atoms with van der Waals surface area (Å²) in [6.07, 6.45) is 1.65. The van der Waals surface area contributed by atoms with Crippen LogP contribution >= 0.6 is 15.9 Å². The first kappa shape index (κ1) is 13.9. The van der Waals surface area contributed by atoms with Gasteiger partial charge in [-0.15, -0.1) is 10.2 Å². The van der Waals surface area contributed by atoms with Gasteiger partial charge in [-0.25, -0.2) is 9.07 Å². The summed E-state index contributed by atoms with van der Waals surface area (Å²) in [5.41, 5.74) is 1.47. The van der Waals surface area contributed by atoms with E-state index >= 15 is 0 Å². The fourth-order valence-corrected chi connectivity index (χ4v) is 2.37. The third-order valence-corrected chi connectivity index (χ3v) is 3.68. The van der Waals surface area contributed by atoms with Crippen molar-refractivity contribution in [3.63, 3.8) is 0 Å². The summed E-state index contributed by atoms with van der Waals surface area (Å²) >= 11 is 3.48. The van der Waals surface area contributed by atoms with Crippen LogP contribution in [0.2, 0.25) is 0 Å². The first-order valence-corrected chi connectivity index (χ1v) is 7.15. The van der Waals surface area contributed by atoms with Crippen molar-refractivity contribution in [1.82, 2.24) is 30.0 Å². The molecule has 0 aliphatic rings. The van der Waals surface area contributed by atoms with Crippen molar-refractivity contribution >= 4 is 15.9 Å². The van der Waals surface area contributed by atoms with E-state index in [0.29, 0.717) is 10.4 Å². The van der Waals surface area contributed by atoms with Gasteiger partial charge in [0.1, 0.15) is 10.4 Å². The molecular formula is C13H12BrFN6. The molecule has 3 rings (SSSR count). The summed E-state index contributed by atoms with van der Waals surface area (Å²) in [5, 5.41) is 16.6. The van der Waals surface area contributed by atoms with Crippen LogP contribution in [0.15, 0.2) is 35.1 Å². The van der Waals surface area contributed by atoms with E-state index in [4.69, 9.17) is 0 Å². The lowest BCUT2D eigenvalue weighted by atomic mass is 10.3. The summed E-state index contributed by atoms with van der Waals surface area (Å²) in [6, 6.07) is 6.20. The molecule has 2 aromatic heterocycles. The summed E-state index contributed by atoms with van der Waals surface area (Å²) in [6.45, 7) is 3.95. The quantitative estimate of drug-likeness (QED) is 0.728. The molecule has 0 fully saturated rings. The lowest BCUT2D eigenvalue weighted by Crippen LogP contribution is -2.04. The molecule has 0 aliphatic carbocycles. The minimum atomic E-state index is -0.288. The predicted octanol–water partition coefficient (Wildman–Crippen LogP) is 3.01. The molecule has 0 atom stereocenters. The van der Waals surface area contributed by atoms with Gasteiger partial charge < -0.3 is 0 Å². The minimum Gasteiger partial charge on any atom is -0.226 e. The van der Waals surface area contributed by atoms with E-state index in [-0.39, 0.29) is 11.9 Å². The maximum absolute atomic E-state index is 13.0. The molecule has 21 heavy (non-hydrogen) atoms. The Labute approximate surface area is 128 Å². The first-order valence-electron chi connectivity index (χ1n) is 6.35. The smallest absolute Gasteiger partial charge is 0.209 e. The van der Waals surface area contributed by atoms with E-state index in [0.717, 1.165) is 11.3 Å². The predicted molar refractivity (Wildman–Crippen MR) is 78.4 cm³/mol. The normalized spacial score (nSPS) is 11.3. The van der Waals surface area contributed by atoms with Gasteiger partial charge in [-0.05, 0) is 59.3 Å². The van der Waals surface area contributed by atoms with Crippen molar-refractivity contribution in [2.45, 2.75) is 19.9 Å². The standard InChI is InChI=1S/C13H12BrFN6/c1-8(2)21-18-13(17-19-21)11-7-16-20(12(11)14)10-5-3-9(15)4-6-10/h3-8H,1-2H3. The van der Waals surface area contributed by atoms with Gasteiger partial charge in [-0.3, -0.25) is 0 Å². The molecule has 0 spiro atoms. The molecule has 0 amide bonds. The van der Waals surface area contributed by atoms with Crippen molar-refractivity contribution in [1.29, 1.82) is 0 Å². The molecule has 2 heterocycles. The zero-order valence-corrected chi connectivity index (χ0v) is 13.0. The van der Waals surface area contributed by atoms with Crippen LogP contribution in [0.25, 0.3) is 17.1 Å². The molecule has 0 saturated carbocycles. The lowest BCUT2D eigenvalue weighted by Gasteiger charge is -2.03. The molecule has 6 nitrogen and oxygen atoms in total. The lowest BCUT2D eigenvalue weighted by molar-refractivity contribution is 0.455. The highest BCUT2D eigenvalue weighted by molar-refractivity contribution is 9.10. The van der Waals surface area contributed by atoms with Gasteiger partial charge in [0, 0.05) is 0 Å². The number of rotatable bonds is 3. The summed E-state index contributed by atoms with van der Waals surface area (Å²) < 4.78 is 15.3. The van der Waals surface area contributed by atoms with E-state index in [9.17, 15) is 4.39 Å². The number of nitrogens with zero attached hydrogens (tertiary/aromatic N) is 6. The zero-order valence-electron chi connectivity index (χ0n) is 11.4. The molecule has 0 radical (unpaired) electrons. The number of benzene rings is 1. The molecule has 1 aromatic carbocycles.